The van der Waals surface area contributed by atoms with E-state index in [4.69, 9.17) is 24.3 Å². The van der Waals surface area contributed by atoms with Gasteiger partial charge in [0.1, 0.15) is 12.4 Å². The van der Waals surface area contributed by atoms with Gasteiger partial charge in [0.25, 0.3) is 0 Å². The molecule has 0 aromatic rings. The molecule has 1 saturated carbocycles. The van der Waals surface area contributed by atoms with Crippen LogP contribution >= 0.6 is 7.82 Å². The molecule has 1 aliphatic rings. The molecule has 6 atom stereocenters. The van der Waals surface area contributed by atoms with E-state index in [1.165, 1.54) is 0 Å². The summed E-state index contributed by atoms with van der Waals surface area (Å²) in [6.07, 6.45) is 31.9. The van der Waals surface area contributed by atoms with Crippen LogP contribution in [0.5, 0.6) is 0 Å². The maximum absolute atomic E-state index is 12.6. The van der Waals surface area contributed by atoms with Gasteiger partial charge in [-0.3, -0.25) is 23.4 Å². The maximum atomic E-state index is 12.6. The number of rotatable bonds is 34. The summed E-state index contributed by atoms with van der Waals surface area (Å²) in [5.41, 5.74) is 5.33. The first-order valence-electron chi connectivity index (χ1n) is 20.9. The minimum absolute atomic E-state index is 0.00911. The minimum atomic E-state index is -4.45. The zero-order valence-corrected chi connectivity index (χ0v) is 35.0. The van der Waals surface area contributed by atoms with E-state index in [-0.39, 0.29) is 50.7 Å². The average Bonchev–Trinajstić information content (AvgIpc) is 3.44. The van der Waals surface area contributed by atoms with Crippen LogP contribution in [0.15, 0.2) is 60.8 Å². The first kappa shape index (κ1) is 51.3. The van der Waals surface area contributed by atoms with Crippen molar-refractivity contribution in [2.24, 2.45) is 17.6 Å². The Hall–Kier alpha value is -2.70. The number of unbranched alkanes of at least 4 members (excludes halogenated alkanes) is 8. The number of carbonyl (C=O) groups is 3. The lowest BCUT2D eigenvalue weighted by atomic mass is 9.90. The Morgan fingerprint density at radius 3 is 2.23 bits per heavy atom. The second-order valence-corrected chi connectivity index (χ2v) is 15.7. The van der Waals surface area contributed by atoms with Crippen molar-refractivity contribution in [1.82, 2.24) is 0 Å². The molecule has 13 heteroatoms. The second kappa shape index (κ2) is 33.3. The summed E-state index contributed by atoms with van der Waals surface area (Å²) in [6.45, 7) is 3.16. The highest BCUT2D eigenvalue weighted by atomic mass is 31.2. The molecular formula is C43H72NO11P. The smallest absolute Gasteiger partial charge is 0.462 e. The van der Waals surface area contributed by atoms with E-state index in [0.717, 1.165) is 70.6 Å². The van der Waals surface area contributed by atoms with Crippen LogP contribution in [0.2, 0.25) is 0 Å². The van der Waals surface area contributed by atoms with E-state index in [9.17, 15) is 34.1 Å². The molecule has 0 saturated heterocycles. The van der Waals surface area contributed by atoms with E-state index in [1.807, 2.05) is 12.2 Å². The maximum Gasteiger partial charge on any atom is 0.472 e. The standard InChI is InChI=1S/C43H72NO11P/c1-3-5-7-8-9-10-11-12-13-14-15-16-17-18-24-28-43(49)55-37(35-54-56(50,51)53-32-31-44)34-52-42(48)27-23-20-19-22-26-38-39(41(47)33-40(38)46)30-29-36(45)25-21-6-4-2/h5,7,9-10,12-13,19,22,29-30,36-40,45-46H,3-4,6,8,11,14-18,20-21,23-28,31-35,44H2,1-2H3,(H,50,51)/b7-5-,10-9-,13-12-,22-19-,30-29+/t36-,37+,38+,39+,40-/m0/s1. The number of esters is 2. The van der Waals surface area contributed by atoms with Crippen molar-refractivity contribution in [3.05, 3.63) is 60.8 Å². The summed E-state index contributed by atoms with van der Waals surface area (Å²) in [6, 6.07) is 0. The molecule has 0 bridgehead atoms. The summed E-state index contributed by atoms with van der Waals surface area (Å²) < 4.78 is 32.7. The number of ether oxygens (including phenoxy) is 2. The zero-order valence-electron chi connectivity index (χ0n) is 34.1. The SMILES string of the molecule is CC/C=C\C/C=C\C/C=C\CCCCCCCC(=O)O[C@H](COC(=O)CCC/C=C\C[C@H]1[C@@H](O)CC(=O)[C@@H]1/C=C/[C@@H](O)CCCCC)COP(=O)(O)OCCN. The van der Waals surface area contributed by atoms with Gasteiger partial charge >= 0.3 is 19.8 Å². The van der Waals surface area contributed by atoms with Crippen molar-refractivity contribution in [2.75, 3.05) is 26.4 Å². The molecule has 1 unspecified atom stereocenters. The fraction of sp³-hybridized carbons (Fsp3) is 0.698. The Balaban J connectivity index is 2.44. The lowest BCUT2D eigenvalue weighted by Crippen LogP contribution is -2.29. The lowest BCUT2D eigenvalue weighted by Gasteiger charge is -2.19. The molecule has 1 fully saturated rings. The normalized spacial score (nSPS) is 19.9. The van der Waals surface area contributed by atoms with E-state index in [1.54, 1.807) is 12.2 Å². The Labute approximate surface area is 336 Å². The molecule has 1 aliphatic carbocycles. The Morgan fingerprint density at radius 2 is 1.50 bits per heavy atom. The average molecular weight is 810 g/mol. The van der Waals surface area contributed by atoms with Gasteiger partial charge in [-0.2, -0.15) is 0 Å². The largest absolute Gasteiger partial charge is 0.472 e. The number of hydrogen-bond acceptors (Lipinski definition) is 11. The van der Waals surface area contributed by atoms with E-state index in [2.05, 4.69) is 50.3 Å². The number of aliphatic hydroxyl groups is 2. The molecule has 0 amide bonds. The van der Waals surface area contributed by atoms with Crippen molar-refractivity contribution in [1.29, 1.82) is 0 Å². The topological polar surface area (TPSA) is 192 Å². The molecule has 320 valence electrons. The predicted molar refractivity (Wildman–Crippen MR) is 220 cm³/mol. The third kappa shape index (κ3) is 27.0. The van der Waals surface area contributed by atoms with Gasteiger partial charge in [-0.05, 0) is 64.2 Å². The van der Waals surface area contributed by atoms with Crippen LogP contribution in [0, 0.1) is 11.8 Å². The molecule has 1 rings (SSSR count). The first-order chi connectivity index (χ1) is 27.0. The Bertz CT molecular complexity index is 1260. The van der Waals surface area contributed by atoms with Crippen molar-refractivity contribution >= 4 is 25.5 Å². The van der Waals surface area contributed by atoms with Crippen molar-refractivity contribution in [2.45, 2.75) is 154 Å². The molecule has 12 nitrogen and oxygen atoms in total. The van der Waals surface area contributed by atoms with Crippen LogP contribution in [0.4, 0.5) is 0 Å². The molecule has 0 radical (unpaired) electrons. The van der Waals surface area contributed by atoms with Crippen molar-refractivity contribution < 1.29 is 52.6 Å². The highest BCUT2D eigenvalue weighted by molar-refractivity contribution is 7.47. The first-order valence-corrected chi connectivity index (χ1v) is 22.4. The number of hydrogen-bond donors (Lipinski definition) is 4. The third-order valence-corrected chi connectivity index (χ3v) is 10.2. The third-order valence-electron chi connectivity index (χ3n) is 9.26. The van der Waals surface area contributed by atoms with Crippen LogP contribution in [0.3, 0.4) is 0 Å². The molecule has 0 aromatic carbocycles. The van der Waals surface area contributed by atoms with Gasteiger partial charge < -0.3 is 30.3 Å². The van der Waals surface area contributed by atoms with Crippen molar-refractivity contribution in [3.63, 3.8) is 0 Å². The monoisotopic (exact) mass is 809 g/mol. The van der Waals surface area contributed by atoms with E-state index < -0.39 is 50.6 Å². The molecule has 5 N–H and O–H groups in total. The summed E-state index contributed by atoms with van der Waals surface area (Å²) in [5, 5.41) is 20.7. The number of phosphoric ester groups is 1. The molecule has 56 heavy (non-hydrogen) atoms. The van der Waals surface area contributed by atoms with Gasteiger partial charge in [-0.1, -0.05) is 113 Å². The quantitative estimate of drug-likeness (QED) is 0.0211. The number of aliphatic hydroxyl groups excluding tert-OH is 2. The lowest BCUT2D eigenvalue weighted by molar-refractivity contribution is -0.161. The highest BCUT2D eigenvalue weighted by Crippen LogP contribution is 2.43. The molecule has 0 aliphatic heterocycles. The highest BCUT2D eigenvalue weighted by Gasteiger charge is 2.39. The summed E-state index contributed by atoms with van der Waals surface area (Å²) in [4.78, 5) is 47.5. The van der Waals surface area contributed by atoms with Gasteiger partial charge in [0, 0.05) is 37.6 Å². The minimum Gasteiger partial charge on any atom is -0.462 e. The Morgan fingerprint density at radius 1 is 0.839 bits per heavy atom. The molecule has 0 spiro atoms. The fourth-order valence-corrected chi connectivity index (χ4v) is 6.86. The van der Waals surface area contributed by atoms with Crippen LogP contribution < -0.4 is 5.73 Å². The zero-order chi connectivity index (χ0) is 41.3. The number of nitrogens with two attached hydrogens (primary N) is 1. The van der Waals surface area contributed by atoms with Crippen molar-refractivity contribution in [3.8, 4) is 0 Å². The summed E-state index contributed by atoms with van der Waals surface area (Å²) in [5.74, 6) is -1.80. The predicted octanol–water partition coefficient (Wildman–Crippen LogP) is 8.30. The number of ketones is 1. The number of Topliss-reactive ketones (excluding diaryl/α,β-unsaturated/α-hetero) is 1. The van der Waals surface area contributed by atoms with Gasteiger partial charge in [-0.15, -0.1) is 0 Å². The number of carbonyl (C=O) groups excluding carboxylic acids is 3. The van der Waals surface area contributed by atoms with E-state index in [0.29, 0.717) is 32.1 Å². The second-order valence-electron chi connectivity index (χ2n) is 14.3. The number of allylic oxidation sites excluding steroid dienone is 9. The van der Waals surface area contributed by atoms with Crippen LogP contribution in [0.25, 0.3) is 0 Å². The van der Waals surface area contributed by atoms with Gasteiger partial charge in [-0.25, -0.2) is 4.57 Å². The van der Waals surface area contributed by atoms with Gasteiger partial charge in [0.2, 0.25) is 0 Å². The van der Waals surface area contributed by atoms with Crippen LogP contribution in [0.1, 0.15) is 136 Å². The molecular weight excluding hydrogens is 737 g/mol. The van der Waals surface area contributed by atoms with Gasteiger partial charge in [0.15, 0.2) is 6.10 Å². The van der Waals surface area contributed by atoms with Crippen LogP contribution in [-0.4, -0.2) is 77.5 Å². The van der Waals surface area contributed by atoms with Crippen LogP contribution in [-0.2, 0) is 37.5 Å². The summed E-state index contributed by atoms with van der Waals surface area (Å²) >= 11 is 0. The molecule has 0 heterocycles. The Kier molecular flexibility index (Phi) is 30.5. The molecule has 0 aromatic heterocycles. The van der Waals surface area contributed by atoms with E-state index >= 15 is 0 Å². The van der Waals surface area contributed by atoms with Gasteiger partial charge in [0.05, 0.1) is 25.4 Å². The fourth-order valence-electron chi connectivity index (χ4n) is 6.10. The number of phosphoric acid groups is 1. The summed E-state index contributed by atoms with van der Waals surface area (Å²) in [7, 11) is -4.45.